The molecule has 2 aromatic rings. The van der Waals surface area contributed by atoms with Crippen LogP contribution in [0, 0.1) is 0 Å². The highest BCUT2D eigenvalue weighted by molar-refractivity contribution is 7.22. The summed E-state index contributed by atoms with van der Waals surface area (Å²) >= 11 is 1.18. The number of phenolic OH excluding ortho intramolecular Hbond substituents is 1. The number of phenols is 1. The van der Waals surface area contributed by atoms with Gasteiger partial charge < -0.3 is 10.2 Å². The number of nitrogens with zero attached hydrogens (tertiary/aromatic N) is 1. The second kappa shape index (κ2) is 3.15. The van der Waals surface area contributed by atoms with Crippen LogP contribution in [-0.4, -0.2) is 21.3 Å². The van der Waals surface area contributed by atoms with Crippen molar-refractivity contribution in [1.29, 1.82) is 0 Å². The Morgan fingerprint density at radius 1 is 1.50 bits per heavy atom. The van der Waals surface area contributed by atoms with Crippen LogP contribution in [0.1, 0.15) is 0 Å². The van der Waals surface area contributed by atoms with E-state index in [1.54, 1.807) is 12.1 Å². The zero-order valence-corrected chi connectivity index (χ0v) is 7.71. The van der Waals surface area contributed by atoms with Gasteiger partial charge in [-0.05, 0) is 18.2 Å². The molecule has 0 aliphatic rings. The zero-order valence-electron chi connectivity index (χ0n) is 6.89. The summed E-state index contributed by atoms with van der Waals surface area (Å²) in [6, 6.07) is 4.68. The van der Waals surface area contributed by atoms with Crippen LogP contribution in [0.5, 0.6) is 5.75 Å². The van der Waals surface area contributed by atoms with Gasteiger partial charge in [-0.25, -0.2) is 9.78 Å². The average molecular weight is 210 g/mol. The van der Waals surface area contributed by atoms with Gasteiger partial charge in [0.1, 0.15) is 5.75 Å². The molecule has 1 heterocycles. The third-order valence-electron chi connectivity index (χ3n) is 1.59. The number of carbonyl (C=O) groups is 1. The lowest BCUT2D eigenvalue weighted by Crippen LogP contribution is -2.06. The predicted molar refractivity (Wildman–Crippen MR) is 52.9 cm³/mol. The fourth-order valence-corrected chi connectivity index (χ4v) is 1.95. The minimum atomic E-state index is -1.15. The van der Waals surface area contributed by atoms with Gasteiger partial charge in [0.25, 0.3) is 0 Å². The van der Waals surface area contributed by atoms with Crippen molar-refractivity contribution in [1.82, 2.24) is 4.98 Å². The number of nitrogens with one attached hydrogen (secondary N) is 1. The molecule has 0 radical (unpaired) electrons. The molecule has 72 valence electrons. The number of carboxylic acid groups (broad SMARTS) is 1. The van der Waals surface area contributed by atoms with Gasteiger partial charge >= 0.3 is 6.09 Å². The van der Waals surface area contributed by atoms with Crippen molar-refractivity contribution in [3.8, 4) is 5.75 Å². The van der Waals surface area contributed by atoms with Crippen molar-refractivity contribution >= 4 is 32.8 Å². The molecule has 3 N–H and O–H groups in total. The zero-order chi connectivity index (χ0) is 10.1. The highest BCUT2D eigenvalue weighted by atomic mass is 32.1. The molecule has 0 fully saturated rings. The number of aromatic nitrogens is 1. The Kier molecular flexibility index (Phi) is 1.97. The Labute approximate surface area is 82.6 Å². The predicted octanol–water partition coefficient (Wildman–Crippen LogP) is 2.09. The molecule has 1 aromatic carbocycles. The van der Waals surface area contributed by atoms with E-state index < -0.39 is 6.09 Å². The first kappa shape index (κ1) is 8.76. The van der Waals surface area contributed by atoms with Crippen molar-refractivity contribution in [2.45, 2.75) is 0 Å². The third kappa shape index (κ3) is 1.60. The summed E-state index contributed by atoms with van der Waals surface area (Å²) in [5, 5.41) is 20.1. The summed E-state index contributed by atoms with van der Waals surface area (Å²) in [6.45, 7) is 0. The van der Waals surface area contributed by atoms with Crippen molar-refractivity contribution < 1.29 is 15.0 Å². The fraction of sp³-hybridized carbons (Fsp3) is 0. The highest BCUT2D eigenvalue weighted by Gasteiger charge is 2.06. The van der Waals surface area contributed by atoms with Crippen molar-refractivity contribution in [2.24, 2.45) is 0 Å². The van der Waals surface area contributed by atoms with Crippen LogP contribution < -0.4 is 5.32 Å². The van der Waals surface area contributed by atoms with Crippen LogP contribution in [0.25, 0.3) is 10.2 Å². The minimum absolute atomic E-state index is 0.142. The second-order valence-corrected chi connectivity index (χ2v) is 3.63. The van der Waals surface area contributed by atoms with E-state index in [0.717, 1.165) is 4.70 Å². The van der Waals surface area contributed by atoms with Crippen LogP contribution in [0.3, 0.4) is 0 Å². The molecule has 5 nitrogen and oxygen atoms in total. The molecule has 0 spiro atoms. The first-order valence-electron chi connectivity index (χ1n) is 3.74. The summed E-state index contributed by atoms with van der Waals surface area (Å²) in [5.41, 5.74) is 0.663. The van der Waals surface area contributed by atoms with E-state index in [-0.39, 0.29) is 5.75 Å². The molecule has 2 rings (SSSR count). The van der Waals surface area contributed by atoms with Gasteiger partial charge in [0.15, 0.2) is 5.13 Å². The standard InChI is InChI=1S/C8H6N2O3S/c11-4-1-2-5-6(3-4)14-7(9-5)10-8(12)13/h1-3,11H,(H,9,10)(H,12,13). The van der Waals surface area contributed by atoms with E-state index >= 15 is 0 Å². The van der Waals surface area contributed by atoms with E-state index in [9.17, 15) is 4.79 Å². The quantitative estimate of drug-likeness (QED) is 0.673. The minimum Gasteiger partial charge on any atom is -0.508 e. The molecule has 0 saturated heterocycles. The van der Waals surface area contributed by atoms with Crippen LogP contribution in [0.4, 0.5) is 9.93 Å². The van der Waals surface area contributed by atoms with E-state index in [1.165, 1.54) is 17.4 Å². The van der Waals surface area contributed by atoms with Gasteiger partial charge in [0.05, 0.1) is 10.2 Å². The number of hydrogen-bond donors (Lipinski definition) is 3. The number of anilines is 1. The van der Waals surface area contributed by atoms with Gasteiger partial charge in [-0.2, -0.15) is 0 Å². The highest BCUT2D eigenvalue weighted by Crippen LogP contribution is 2.28. The Morgan fingerprint density at radius 3 is 3.00 bits per heavy atom. The lowest BCUT2D eigenvalue weighted by atomic mass is 10.3. The molecule has 0 aliphatic carbocycles. The number of aromatic hydroxyl groups is 1. The van der Waals surface area contributed by atoms with E-state index in [4.69, 9.17) is 10.2 Å². The molecule has 0 bridgehead atoms. The van der Waals surface area contributed by atoms with Crippen LogP contribution in [0.2, 0.25) is 0 Å². The number of benzene rings is 1. The van der Waals surface area contributed by atoms with Crippen molar-refractivity contribution in [2.75, 3.05) is 5.32 Å². The molecule has 0 aliphatic heterocycles. The SMILES string of the molecule is O=C(O)Nc1nc2ccc(O)cc2s1. The summed E-state index contributed by atoms with van der Waals surface area (Å²) in [4.78, 5) is 14.3. The lowest BCUT2D eigenvalue weighted by molar-refractivity contribution is 0.210. The summed E-state index contributed by atoms with van der Waals surface area (Å²) < 4.78 is 0.744. The fourth-order valence-electron chi connectivity index (χ4n) is 1.06. The number of thiazole rings is 1. The van der Waals surface area contributed by atoms with Crippen LogP contribution in [0.15, 0.2) is 18.2 Å². The maximum Gasteiger partial charge on any atom is 0.410 e. The third-order valence-corrected chi connectivity index (χ3v) is 2.52. The maximum absolute atomic E-state index is 10.3. The van der Waals surface area contributed by atoms with Crippen LogP contribution >= 0.6 is 11.3 Å². The van der Waals surface area contributed by atoms with Crippen LogP contribution in [-0.2, 0) is 0 Å². The van der Waals surface area contributed by atoms with Gasteiger partial charge in [0, 0.05) is 0 Å². The lowest BCUT2D eigenvalue weighted by Gasteiger charge is -1.89. The van der Waals surface area contributed by atoms with E-state index in [0.29, 0.717) is 10.6 Å². The van der Waals surface area contributed by atoms with Gasteiger partial charge in [0.2, 0.25) is 0 Å². The number of hydrogen-bond acceptors (Lipinski definition) is 4. The Balaban J connectivity index is 2.46. The smallest absolute Gasteiger partial charge is 0.410 e. The summed E-state index contributed by atoms with van der Waals surface area (Å²) in [6.07, 6.45) is -1.15. The average Bonchev–Trinajstić information content (AvgIpc) is 2.44. The van der Waals surface area contributed by atoms with Crippen molar-refractivity contribution in [3.63, 3.8) is 0 Å². The number of fused-ring (bicyclic) bond motifs is 1. The molecule has 0 atom stereocenters. The Bertz CT molecular complexity index is 494. The molecular formula is C8H6N2O3S. The summed E-state index contributed by atoms with van der Waals surface area (Å²) in [7, 11) is 0. The first-order chi connectivity index (χ1) is 6.65. The van der Waals surface area contributed by atoms with Gasteiger partial charge in [-0.1, -0.05) is 11.3 Å². The summed E-state index contributed by atoms with van der Waals surface area (Å²) in [5.74, 6) is 0.142. The normalized spacial score (nSPS) is 10.3. The molecule has 0 unspecified atom stereocenters. The molecule has 6 heteroatoms. The monoisotopic (exact) mass is 210 g/mol. The molecule has 1 aromatic heterocycles. The maximum atomic E-state index is 10.3. The van der Waals surface area contributed by atoms with E-state index in [1.807, 2.05) is 0 Å². The number of amides is 1. The topological polar surface area (TPSA) is 82.5 Å². The molecular weight excluding hydrogens is 204 g/mol. The molecule has 14 heavy (non-hydrogen) atoms. The molecule has 1 amide bonds. The van der Waals surface area contributed by atoms with Gasteiger partial charge in [-0.3, -0.25) is 5.32 Å². The Hall–Kier alpha value is -1.82. The van der Waals surface area contributed by atoms with Crippen molar-refractivity contribution in [3.05, 3.63) is 18.2 Å². The number of rotatable bonds is 1. The van der Waals surface area contributed by atoms with E-state index in [2.05, 4.69) is 10.3 Å². The largest absolute Gasteiger partial charge is 0.508 e. The Morgan fingerprint density at radius 2 is 2.29 bits per heavy atom. The second-order valence-electron chi connectivity index (χ2n) is 2.60. The molecule has 0 saturated carbocycles. The van der Waals surface area contributed by atoms with Gasteiger partial charge in [-0.15, -0.1) is 0 Å². The first-order valence-corrected chi connectivity index (χ1v) is 4.56.